The molecule has 0 saturated heterocycles. The van der Waals surface area contributed by atoms with E-state index in [-0.39, 0.29) is 23.3 Å². The third-order valence-corrected chi connectivity index (χ3v) is 12.3. The first kappa shape index (κ1) is 43.6. The lowest BCUT2D eigenvalue weighted by atomic mass is 9.77. The van der Waals surface area contributed by atoms with Gasteiger partial charge < -0.3 is 0 Å². The Balaban J connectivity index is 0.000000199. The predicted molar refractivity (Wildman–Crippen MR) is 239 cm³/mol. The van der Waals surface area contributed by atoms with Gasteiger partial charge >= 0.3 is 0 Å². The Morgan fingerprint density at radius 1 is 0.407 bits per heavy atom. The van der Waals surface area contributed by atoms with Crippen molar-refractivity contribution in [3.05, 3.63) is 190 Å². The van der Waals surface area contributed by atoms with E-state index in [1.54, 1.807) is 12.1 Å². The minimum atomic E-state index is -0.206. The van der Waals surface area contributed by atoms with Gasteiger partial charge in [-0.15, -0.1) is 0 Å². The summed E-state index contributed by atoms with van der Waals surface area (Å²) >= 11 is 0. The van der Waals surface area contributed by atoms with Gasteiger partial charge in [-0.1, -0.05) is 143 Å². The maximum absolute atomic E-state index is 14.9. The average molecular weight is 797 g/mol. The number of benzene rings is 6. The quantitative estimate of drug-likeness (QED) is 0.0676. The van der Waals surface area contributed by atoms with Crippen LogP contribution in [0.4, 0.5) is 17.6 Å². The molecule has 1 aliphatic carbocycles. The Labute approximate surface area is 350 Å². The fraction of sp³-hybridized carbons (Fsp3) is 0.345. The molecule has 0 atom stereocenters. The van der Waals surface area contributed by atoms with Gasteiger partial charge in [0, 0.05) is 11.1 Å². The minimum absolute atomic E-state index is 0.121. The average Bonchev–Trinajstić information content (AvgIpc) is 3.27. The van der Waals surface area contributed by atoms with Gasteiger partial charge in [0.2, 0.25) is 0 Å². The van der Waals surface area contributed by atoms with Crippen LogP contribution in [-0.2, 0) is 32.1 Å². The van der Waals surface area contributed by atoms with E-state index in [0.29, 0.717) is 17.0 Å². The molecular formula is C55H60F4. The second kappa shape index (κ2) is 22.4. The largest absolute Gasteiger partial charge is 0.207 e. The molecule has 6 aromatic rings. The van der Waals surface area contributed by atoms with Crippen LogP contribution in [0.1, 0.15) is 117 Å². The van der Waals surface area contributed by atoms with Crippen LogP contribution in [0.2, 0.25) is 0 Å². The zero-order valence-electron chi connectivity index (χ0n) is 35.0. The fourth-order valence-corrected chi connectivity index (χ4v) is 8.39. The van der Waals surface area contributed by atoms with Gasteiger partial charge in [0.25, 0.3) is 0 Å². The summed E-state index contributed by atoms with van der Waals surface area (Å²) in [4.78, 5) is 0. The molecule has 4 heteroatoms. The molecule has 0 spiro atoms. The summed E-state index contributed by atoms with van der Waals surface area (Å²) < 4.78 is 55.6. The minimum Gasteiger partial charge on any atom is -0.207 e. The molecule has 59 heavy (non-hydrogen) atoms. The fourth-order valence-electron chi connectivity index (χ4n) is 8.39. The zero-order chi connectivity index (χ0) is 41.4. The van der Waals surface area contributed by atoms with Crippen LogP contribution in [0.5, 0.6) is 0 Å². The first-order valence-corrected chi connectivity index (χ1v) is 22.0. The monoisotopic (exact) mass is 796 g/mol. The first-order valence-electron chi connectivity index (χ1n) is 22.0. The smallest absolute Gasteiger partial charge is 0.131 e. The van der Waals surface area contributed by atoms with Crippen molar-refractivity contribution in [3.8, 4) is 22.3 Å². The van der Waals surface area contributed by atoms with Gasteiger partial charge in [0.05, 0.1) is 0 Å². The molecule has 0 nitrogen and oxygen atoms in total. The number of hydrogen-bond acceptors (Lipinski definition) is 0. The Kier molecular flexibility index (Phi) is 16.6. The van der Waals surface area contributed by atoms with Crippen molar-refractivity contribution in [1.82, 2.24) is 0 Å². The molecule has 0 N–H and O–H groups in total. The summed E-state index contributed by atoms with van der Waals surface area (Å²) in [6.07, 6.45) is 16.7. The third-order valence-electron chi connectivity index (χ3n) is 12.3. The van der Waals surface area contributed by atoms with Crippen LogP contribution in [0, 0.1) is 29.2 Å². The number of unbranched alkanes of at least 4 members (excludes halogenated alkanes) is 4. The normalized spacial score (nSPS) is 15.1. The first-order chi connectivity index (χ1) is 28.8. The van der Waals surface area contributed by atoms with E-state index in [9.17, 15) is 17.6 Å². The molecule has 1 fully saturated rings. The van der Waals surface area contributed by atoms with E-state index in [2.05, 4.69) is 50.2 Å². The molecule has 0 bridgehead atoms. The van der Waals surface area contributed by atoms with Gasteiger partial charge in [0.1, 0.15) is 23.3 Å². The summed E-state index contributed by atoms with van der Waals surface area (Å²) in [7, 11) is 0. The Morgan fingerprint density at radius 2 is 0.831 bits per heavy atom. The van der Waals surface area contributed by atoms with E-state index in [0.717, 1.165) is 77.8 Å². The second-order valence-corrected chi connectivity index (χ2v) is 16.5. The van der Waals surface area contributed by atoms with Gasteiger partial charge in [0.15, 0.2) is 0 Å². The number of halogens is 4. The van der Waals surface area contributed by atoms with Gasteiger partial charge in [-0.3, -0.25) is 0 Å². The van der Waals surface area contributed by atoms with Crippen molar-refractivity contribution in [2.45, 2.75) is 116 Å². The van der Waals surface area contributed by atoms with Crippen molar-refractivity contribution < 1.29 is 17.6 Å². The SMILES string of the molecule is CCC1CCC(c2ccc(-c3ccc(CCc4ccc(F)cc4)cc3)c(F)c2)CC1.CCCCCCCc1ccc(-c2ccc(CCc3ccc(F)cc3)cc2)c(F)c1. The van der Waals surface area contributed by atoms with Crippen molar-refractivity contribution >= 4 is 0 Å². The summed E-state index contributed by atoms with van der Waals surface area (Å²) in [5.41, 5.74) is 10.0. The highest BCUT2D eigenvalue weighted by molar-refractivity contribution is 5.66. The molecule has 308 valence electrons. The van der Waals surface area contributed by atoms with E-state index < -0.39 is 0 Å². The van der Waals surface area contributed by atoms with Gasteiger partial charge in [-0.05, 0) is 157 Å². The predicted octanol–water partition coefficient (Wildman–Crippen LogP) is 16.0. The lowest BCUT2D eigenvalue weighted by molar-refractivity contribution is 0.318. The molecule has 0 amide bonds. The van der Waals surface area contributed by atoms with E-state index in [1.807, 2.05) is 60.7 Å². The van der Waals surface area contributed by atoms with Crippen LogP contribution in [0.25, 0.3) is 22.3 Å². The van der Waals surface area contributed by atoms with Crippen LogP contribution in [0.15, 0.2) is 133 Å². The summed E-state index contributed by atoms with van der Waals surface area (Å²) in [6.45, 7) is 4.49. The number of rotatable bonds is 16. The number of aryl methyl sites for hydroxylation is 5. The zero-order valence-corrected chi connectivity index (χ0v) is 35.0. The third kappa shape index (κ3) is 13.3. The van der Waals surface area contributed by atoms with Crippen molar-refractivity contribution in [2.24, 2.45) is 5.92 Å². The molecule has 7 rings (SSSR count). The molecule has 1 saturated carbocycles. The molecule has 1 aliphatic rings. The lowest BCUT2D eigenvalue weighted by Crippen LogP contribution is -2.12. The highest BCUT2D eigenvalue weighted by atomic mass is 19.1. The Bertz CT molecular complexity index is 2140. The number of hydrogen-bond donors (Lipinski definition) is 0. The lowest BCUT2D eigenvalue weighted by Gasteiger charge is -2.28. The van der Waals surface area contributed by atoms with Crippen molar-refractivity contribution in [2.75, 3.05) is 0 Å². The molecule has 0 radical (unpaired) electrons. The molecule has 0 heterocycles. The van der Waals surface area contributed by atoms with Crippen molar-refractivity contribution in [3.63, 3.8) is 0 Å². The Hall–Kier alpha value is -4.96. The topological polar surface area (TPSA) is 0 Å². The van der Waals surface area contributed by atoms with Crippen LogP contribution in [0.3, 0.4) is 0 Å². The molecule has 6 aromatic carbocycles. The molecule has 0 aromatic heterocycles. The van der Waals surface area contributed by atoms with E-state index in [1.165, 1.54) is 93.2 Å². The van der Waals surface area contributed by atoms with Crippen LogP contribution >= 0.6 is 0 Å². The summed E-state index contributed by atoms with van der Waals surface area (Å²) in [6, 6.07) is 41.0. The van der Waals surface area contributed by atoms with E-state index in [4.69, 9.17) is 0 Å². The Morgan fingerprint density at radius 3 is 1.27 bits per heavy atom. The maximum Gasteiger partial charge on any atom is 0.131 e. The van der Waals surface area contributed by atoms with Crippen LogP contribution < -0.4 is 0 Å². The summed E-state index contributed by atoms with van der Waals surface area (Å²) in [5, 5.41) is 0. The second-order valence-electron chi connectivity index (χ2n) is 16.5. The maximum atomic E-state index is 14.9. The molecular weight excluding hydrogens is 737 g/mol. The van der Waals surface area contributed by atoms with Crippen molar-refractivity contribution in [1.29, 1.82) is 0 Å². The molecule has 0 aliphatic heterocycles. The standard InChI is InChI=1S/C28H30F2.C27H30F2/c1-2-20-5-11-23(12-6-20)25-15-18-27(28(30)19-25)24-13-7-21(8-14-24)3-4-22-9-16-26(29)17-10-22;1-2-3-4-5-6-7-23-14-19-26(27(29)20-23)24-15-10-21(11-16-24)8-9-22-12-17-25(28)18-13-22/h7-10,13-20,23H,2-6,11-12H2,1H3;10-20H,2-9H2,1H3. The highest BCUT2D eigenvalue weighted by Gasteiger charge is 2.22. The van der Waals surface area contributed by atoms with Gasteiger partial charge in [-0.25, -0.2) is 17.6 Å². The summed E-state index contributed by atoms with van der Waals surface area (Å²) in [5.74, 6) is 0.684. The van der Waals surface area contributed by atoms with Gasteiger partial charge in [-0.2, -0.15) is 0 Å². The van der Waals surface area contributed by atoms with Crippen LogP contribution in [-0.4, -0.2) is 0 Å². The molecule has 0 unspecified atom stereocenters. The van der Waals surface area contributed by atoms with E-state index >= 15 is 0 Å². The highest BCUT2D eigenvalue weighted by Crippen LogP contribution is 2.38.